The van der Waals surface area contributed by atoms with E-state index in [9.17, 15) is 28.5 Å². The second-order valence-corrected chi connectivity index (χ2v) is 2.97. The molecule has 0 unspecified atom stereocenters. The first-order valence-corrected chi connectivity index (χ1v) is 4.12. The highest BCUT2D eigenvalue weighted by atomic mass is 35.5. The maximum atomic E-state index is 12.3. The molecule has 0 atom stereocenters. The standard InChI is InChI=1S/C7H3ClF2N2O4/c8-5(14)3-4(13)2(6(9)10)1-11-7(3)12(15)16/h1,6H,(H,11,13). The third-order valence-corrected chi connectivity index (χ3v) is 1.89. The van der Waals surface area contributed by atoms with E-state index >= 15 is 0 Å². The van der Waals surface area contributed by atoms with Crippen LogP contribution in [-0.2, 0) is 0 Å². The van der Waals surface area contributed by atoms with Gasteiger partial charge in [0.1, 0.15) is 11.8 Å². The van der Waals surface area contributed by atoms with E-state index in [0.717, 1.165) is 0 Å². The van der Waals surface area contributed by atoms with Gasteiger partial charge in [0.25, 0.3) is 11.7 Å². The molecule has 0 saturated heterocycles. The molecule has 0 spiro atoms. The lowest BCUT2D eigenvalue weighted by atomic mass is 10.2. The van der Waals surface area contributed by atoms with Gasteiger partial charge in [-0.25, -0.2) is 13.8 Å². The third-order valence-electron chi connectivity index (χ3n) is 1.70. The zero-order valence-electron chi connectivity index (χ0n) is 7.37. The van der Waals surface area contributed by atoms with Crippen molar-refractivity contribution in [1.29, 1.82) is 0 Å². The molecule has 0 aliphatic heterocycles. The Kier molecular flexibility index (Phi) is 3.33. The van der Waals surface area contributed by atoms with E-state index in [0.29, 0.717) is 6.20 Å². The largest absolute Gasteiger partial charge is 0.358 e. The molecule has 0 aromatic carbocycles. The monoisotopic (exact) mass is 252 g/mol. The number of hydrogen-bond acceptors (Lipinski definition) is 4. The lowest BCUT2D eigenvalue weighted by Gasteiger charge is -2.01. The van der Waals surface area contributed by atoms with Crippen LogP contribution in [0, 0.1) is 10.1 Å². The Morgan fingerprint density at radius 1 is 1.56 bits per heavy atom. The van der Waals surface area contributed by atoms with Gasteiger partial charge >= 0.3 is 5.82 Å². The van der Waals surface area contributed by atoms with Crippen LogP contribution in [0.4, 0.5) is 14.6 Å². The van der Waals surface area contributed by atoms with Crippen LogP contribution in [0.2, 0.25) is 0 Å². The molecular formula is C7H3ClF2N2O4. The van der Waals surface area contributed by atoms with Gasteiger partial charge in [-0.1, -0.05) is 0 Å². The van der Waals surface area contributed by atoms with Gasteiger partial charge in [0.15, 0.2) is 5.56 Å². The van der Waals surface area contributed by atoms with E-state index in [1.54, 1.807) is 0 Å². The van der Waals surface area contributed by atoms with Gasteiger partial charge in [0.2, 0.25) is 5.43 Å². The van der Waals surface area contributed by atoms with Crippen molar-refractivity contribution in [1.82, 2.24) is 4.98 Å². The van der Waals surface area contributed by atoms with Crippen LogP contribution in [0.15, 0.2) is 11.0 Å². The number of aromatic amines is 1. The first-order chi connectivity index (χ1) is 7.36. The molecule has 0 fully saturated rings. The molecule has 0 bridgehead atoms. The minimum atomic E-state index is -3.15. The number of pyridine rings is 1. The van der Waals surface area contributed by atoms with Crippen molar-refractivity contribution in [2.45, 2.75) is 6.43 Å². The van der Waals surface area contributed by atoms with Crippen molar-refractivity contribution >= 4 is 22.7 Å². The maximum absolute atomic E-state index is 12.3. The van der Waals surface area contributed by atoms with Crippen molar-refractivity contribution in [3.05, 3.63) is 37.7 Å². The lowest BCUT2D eigenvalue weighted by molar-refractivity contribution is -0.389. The zero-order chi connectivity index (χ0) is 12.5. The van der Waals surface area contributed by atoms with Crippen LogP contribution in [0.25, 0.3) is 0 Å². The molecule has 0 saturated carbocycles. The minimum absolute atomic E-state index is 0.481. The zero-order valence-corrected chi connectivity index (χ0v) is 8.12. The van der Waals surface area contributed by atoms with Crippen molar-refractivity contribution in [3.8, 4) is 0 Å². The molecule has 1 aromatic rings. The SMILES string of the molecule is O=C(Cl)c1c([N+](=O)[O-])[nH]cc(C(F)F)c1=O. The molecule has 0 amide bonds. The van der Waals surface area contributed by atoms with Gasteiger partial charge in [0.05, 0.1) is 0 Å². The highest BCUT2D eigenvalue weighted by Gasteiger charge is 2.27. The molecule has 1 aromatic heterocycles. The van der Waals surface area contributed by atoms with Gasteiger partial charge in [-0.15, -0.1) is 0 Å². The van der Waals surface area contributed by atoms with E-state index in [4.69, 9.17) is 11.6 Å². The van der Waals surface area contributed by atoms with E-state index in [1.165, 1.54) is 0 Å². The Labute approximate surface area is 91.0 Å². The van der Waals surface area contributed by atoms with Gasteiger partial charge in [-0.3, -0.25) is 9.59 Å². The smallest absolute Gasteiger partial charge is 0.336 e. The van der Waals surface area contributed by atoms with Crippen molar-refractivity contribution in [2.75, 3.05) is 0 Å². The summed E-state index contributed by atoms with van der Waals surface area (Å²) in [6.45, 7) is 0. The van der Waals surface area contributed by atoms with Crippen LogP contribution in [0.5, 0.6) is 0 Å². The summed E-state index contributed by atoms with van der Waals surface area (Å²) in [5.74, 6) is -1.01. The molecule has 1 heterocycles. The van der Waals surface area contributed by atoms with Crippen LogP contribution in [-0.4, -0.2) is 15.1 Å². The number of alkyl halides is 2. The van der Waals surface area contributed by atoms with Crippen molar-refractivity contribution in [3.63, 3.8) is 0 Å². The number of aromatic nitrogens is 1. The van der Waals surface area contributed by atoms with Gasteiger partial charge < -0.3 is 10.1 Å². The van der Waals surface area contributed by atoms with Gasteiger partial charge in [-0.05, 0) is 16.5 Å². The summed E-state index contributed by atoms with van der Waals surface area (Å²) in [5, 5.41) is 8.93. The average molecular weight is 253 g/mol. The number of nitrogens with zero attached hydrogens (tertiary/aromatic N) is 1. The predicted molar refractivity (Wildman–Crippen MR) is 48.9 cm³/mol. The first kappa shape index (κ1) is 12.2. The Morgan fingerprint density at radius 2 is 2.12 bits per heavy atom. The molecule has 0 aliphatic rings. The molecule has 9 heteroatoms. The van der Waals surface area contributed by atoms with E-state index in [1.807, 2.05) is 4.98 Å². The summed E-state index contributed by atoms with van der Waals surface area (Å²) >= 11 is 4.93. The van der Waals surface area contributed by atoms with Crippen LogP contribution < -0.4 is 5.43 Å². The van der Waals surface area contributed by atoms with Gasteiger partial charge in [0, 0.05) is 0 Å². The summed E-state index contributed by atoms with van der Waals surface area (Å²) in [5.41, 5.74) is -3.58. The molecule has 1 N–H and O–H groups in total. The Morgan fingerprint density at radius 3 is 2.50 bits per heavy atom. The number of nitro groups is 1. The average Bonchev–Trinajstić information content (AvgIpc) is 2.15. The van der Waals surface area contributed by atoms with Crippen molar-refractivity contribution in [2.24, 2.45) is 0 Å². The highest BCUT2D eigenvalue weighted by Crippen LogP contribution is 2.19. The number of H-pyrrole nitrogens is 1. The Balaban J connectivity index is 3.61. The second kappa shape index (κ2) is 4.35. The van der Waals surface area contributed by atoms with Crippen molar-refractivity contribution < 1.29 is 18.5 Å². The Bertz CT molecular complexity index is 514. The molecule has 1 rings (SSSR count). The van der Waals surface area contributed by atoms with Crippen LogP contribution in [0.3, 0.4) is 0 Å². The fourth-order valence-corrected chi connectivity index (χ4v) is 1.20. The minimum Gasteiger partial charge on any atom is -0.358 e. The van der Waals surface area contributed by atoms with Crippen LogP contribution >= 0.6 is 11.6 Å². The Hall–Kier alpha value is -1.83. The first-order valence-electron chi connectivity index (χ1n) is 3.74. The molecule has 0 aliphatic carbocycles. The quantitative estimate of drug-likeness (QED) is 0.502. The predicted octanol–water partition coefficient (Wildman–Crippen LogP) is 1.60. The fourth-order valence-electron chi connectivity index (χ4n) is 1.02. The molecule has 16 heavy (non-hydrogen) atoms. The molecule has 86 valence electrons. The summed E-state index contributed by atoms with van der Waals surface area (Å²) in [6, 6.07) is 0. The number of hydrogen-bond donors (Lipinski definition) is 1. The summed E-state index contributed by atoms with van der Waals surface area (Å²) < 4.78 is 24.5. The maximum Gasteiger partial charge on any atom is 0.336 e. The molecule has 0 radical (unpaired) electrons. The fraction of sp³-hybridized carbons (Fsp3) is 0.143. The molecule has 6 nitrogen and oxygen atoms in total. The van der Waals surface area contributed by atoms with E-state index in [2.05, 4.69) is 0 Å². The van der Waals surface area contributed by atoms with E-state index < -0.39 is 39.0 Å². The van der Waals surface area contributed by atoms with E-state index in [-0.39, 0.29) is 0 Å². The van der Waals surface area contributed by atoms with Crippen LogP contribution in [0.1, 0.15) is 22.3 Å². The number of rotatable bonds is 3. The summed E-state index contributed by atoms with van der Waals surface area (Å²) in [6.07, 6.45) is -2.67. The molecular weight excluding hydrogens is 250 g/mol. The topological polar surface area (TPSA) is 93.1 Å². The number of nitrogens with one attached hydrogen (secondary N) is 1. The lowest BCUT2D eigenvalue weighted by Crippen LogP contribution is -2.20. The third kappa shape index (κ3) is 2.06. The summed E-state index contributed by atoms with van der Waals surface area (Å²) in [7, 11) is 0. The second-order valence-electron chi connectivity index (χ2n) is 2.63. The number of halogens is 3. The number of carbonyl (C=O) groups excluding carboxylic acids is 1. The highest BCUT2D eigenvalue weighted by molar-refractivity contribution is 6.68. The summed E-state index contributed by atoms with van der Waals surface area (Å²) in [4.78, 5) is 33.2. The normalized spacial score (nSPS) is 10.5. The van der Waals surface area contributed by atoms with Gasteiger partial charge in [-0.2, -0.15) is 0 Å². The number of carbonyl (C=O) groups is 1.